The molecule has 2 atom stereocenters. The molecule has 0 aromatic carbocycles. The molecule has 3 heterocycles. The van der Waals surface area contributed by atoms with Crippen molar-refractivity contribution < 1.29 is 18.3 Å². The normalized spacial score (nSPS) is 28.0. The van der Waals surface area contributed by atoms with E-state index in [0.717, 1.165) is 19.3 Å². The van der Waals surface area contributed by atoms with E-state index in [0.29, 0.717) is 37.5 Å². The molecule has 1 aromatic rings. The zero-order valence-corrected chi connectivity index (χ0v) is 12.5. The third-order valence-electron chi connectivity index (χ3n) is 4.34. The molecule has 1 aromatic heterocycles. The Morgan fingerprint density at radius 3 is 2.81 bits per heavy atom. The van der Waals surface area contributed by atoms with Crippen molar-refractivity contribution in [2.45, 2.75) is 56.2 Å². The highest BCUT2D eigenvalue weighted by atomic mass is 32.2. The Kier molecular flexibility index (Phi) is 3.73. The van der Waals surface area contributed by atoms with E-state index in [1.165, 1.54) is 0 Å². The van der Waals surface area contributed by atoms with Crippen LogP contribution in [0.15, 0.2) is 0 Å². The summed E-state index contributed by atoms with van der Waals surface area (Å²) < 4.78 is 25.7. The molecule has 3 rings (SSSR count). The number of fused-ring (bicyclic) bond motifs is 1. The van der Waals surface area contributed by atoms with E-state index in [4.69, 9.17) is 0 Å². The summed E-state index contributed by atoms with van der Waals surface area (Å²) >= 11 is 0. The van der Waals surface area contributed by atoms with E-state index in [1.807, 2.05) is 0 Å². The third-order valence-corrected chi connectivity index (χ3v) is 6.62. The summed E-state index contributed by atoms with van der Waals surface area (Å²) in [5.74, 6) is -0.336. The van der Waals surface area contributed by atoms with Crippen LogP contribution in [0.4, 0.5) is 0 Å². The molecule has 7 nitrogen and oxygen atoms in total. The van der Waals surface area contributed by atoms with Crippen molar-refractivity contribution in [3.63, 3.8) is 0 Å². The van der Waals surface area contributed by atoms with Gasteiger partial charge in [0.2, 0.25) is 0 Å². The van der Waals surface area contributed by atoms with Crippen LogP contribution in [0.2, 0.25) is 0 Å². The van der Waals surface area contributed by atoms with Gasteiger partial charge in [0.15, 0.2) is 15.7 Å². The Hall–Kier alpha value is -1.44. The number of aromatic nitrogens is 3. The van der Waals surface area contributed by atoms with E-state index in [2.05, 4.69) is 10.1 Å². The number of aryl methyl sites for hydroxylation is 1. The fourth-order valence-corrected chi connectivity index (χ4v) is 5.04. The van der Waals surface area contributed by atoms with Crippen LogP contribution in [0.25, 0.3) is 0 Å². The van der Waals surface area contributed by atoms with E-state index in [-0.39, 0.29) is 5.75 Å². The van der Waals surface area contributed by atoms with Crippen LogP contribution < -0.4 is 0 Å². The number of aliphatic carboxylic acids is 1. The SMILES string of the molecule is O=C(O)C1CCCn2nc(CC3CCCCS3(=O)=O)nc21. The summed E-state index contributed by atoms with van der Waals surface area (Å²) in [4.78, 5) is 15.6. The van der Waals surface area contributed by atoms with Crippen LogP contribution in [0.1, 0.15) is 49.7 Å². The summed E-state index contributed by atoms with van der Waals surface area (Å²) in [7, 11) is -3.06. The Morgan fingerprint density at radius 2 is 2.10 bits per heavy atom. The maximum Gasteiger partial charge on any atom is 0.314 e. The molecule has 0 aliphatic carbocycles. The quantitative estimate of drug-likeness (QED) is 0.883. The molecule has 21 heavy (non-hydrogen) atoms. The van der Waals surface area contributed by atoms with E-state index in [9.17, 15) is 18.3 Å². The molecule has 0 bridgehead atoms. The second-order valence-corrected chi connectivity index (χ2v) is 8.23. The summed E-state index contributed by atoms with van der Waals surface area (Å²) in [5, 5.41) is 13.1. The van der Waals surface area contributed by atoms with Crippen molar-refractivity contribution in [1.29, 1.82) is 0 Å². The molecule has 0 saturated carbocycles. The first-order chi connectivity index (χ1) is 9.97. The van der Waals surface area contributed by atoms with Gasteiger partial charge in [-0.1, -0.05) is 6.42 Å². The van der Waals surface area contributed by atoms with Crippen LogP contribution >= 0.6 is 0 Å². The fraction of sp³-hybridized carbons (Fsp3) is 0.769. The highest BCUT2D eigenvalue weighted by Crippen LogP contribution is 2.27. The van der Waals surface area contributed by atoms with Gasteiger partial charge in [0.25, 0.3) is 0 Å². The van der Waals surface area contributed by atoms with Crippen molar-refractivity contribution in [3.05, 3.63) is 11.6 Å². The van der Waals surface area contributed by atoms with Crippen LogP contribution in [0.5, 0.6) is 0 Å². The van der Waals surface area contributed by atoms with Gasteiger partial charge in [-0.05, 0) is 25.7 Å². The monoisotopic (exact) mass is 313 g/mol. The molecule has 2 aliphatic rings. The molecule has 0 amide bonds. The first kappa shape index (κ1) is 14.5. The predicted molar refractivity (Wildman–Crippen MR) is 74.8 cm³/mol. The Bertz CT molecular complexity index is 652. The molecule has 1 saturated heterocycles. The number of rotatable bonds is 3. The van der Waals surface area contributed by atoms with Crippen LogP contribution in [0.3, 0.4) is 0 Å². The molecule has 0 radical (unpaired) electrons. The Morgan fingerprint density at radius 1 is 1.29 bits per heavy atom. The number of hydrogen-bond donors (Lipinski definition) is 1. The summed E-state index contributed by atoms with van der Waals surface area (Å²) in [5.41, 5.74) is 0. The van der Waals surface area contributed by atoms with Crippen LogP contribution in [-0.4, -0.2) is 45.3 Å². The molecule has 1 fully saturated rings. The molecule has 2 unspecified atom stereocenters. The topological polar surface area (TPSA) is 102 Å². The Labute approximate surface area is 123 Å². The second kappa shape index (κ2) is 5.40. The first-order valence-electron chi connectivity index (χ1n) is 7.35. The molecule has 0 spiro atoms. The molecule has 116 valence electrons. The Balaban J connectivity index is 1.83. The summed E-state index contributed by atoms with van der Waals surface area (Å²) in [6.45, 7) is 0.656. The fourth-order valence-electron chi connectivity index (χ4n) is 3.17. The molecule has 2 aliphatic heterocycles. The average Bonchev–Trinajstić information content (AvgIpc) is 2.83. The van der Waals surface area contributed by atoms with Gasteiger partial charge in [0.05, 0.1) is 11.0 Å². The number of carboxylic acid groups (broad SMARTS) is 1. The van der Waals surface area contributed by atoms with Gasteiger partial charge in [-0.25, -0.2) is 18.1 Å². The summed E-state index contributed by atoms with van der Waals surface area (Å²) in [6.07, 6.45) is 3.91. The van der Waals surface area contributed by atoms with Gasteiger partial charge in [-0.2, -0.15) is 5.10 Å². The maximum absolute atomic E-state index is 12.0. The number of carbonyl (C=O) groups is 1. The van der Waals surface area contributed by atoms with Gasteiger partial charge in [-0.15, -0.1) is 0 Å². The number of nitrogens with zero attached hydrogens (tertiary/aromatic N) is 3. The van der Waals surface area contributed by atoms with Gasteiger partial charge in [-0.3, -0.25) is 4.79 Å². The smallest absolute Gasteiger partial charge is 0.314 e. The highest BCUT2D eigenvalue weighted by Gasteiger charge is 2.33. The zero-order chi connectivity index (χ0) is 15.0. The third kappa shape index (κ3) is 2.81. The lowest BCUT2D eigenvalue weighted by molar-refractivity contribution is -0.139. The molecule has 8 heteroatoms. The lowest BCUT2D eigenvalue weighted by Crippen LogP contribution is -2.30. The minimum atomic E-state index is -3.06. The van der Waals surface area contributed by atoms with Crippen molar-refractivity contribution >= 4 is 15.8 Å². The van der Waals surface area contributed by atoms with Crippen LogP contribution in [-0.2, 0) is 27.6 Å². The summed E-state index contributed by atoms with van der Waals surface area (Å²) in [6, 6.07) is 0. The van der Waals surface area contributed by atoms with E-state index in [1.54, 1.807) is 4.68 Å². The highest BCUT2D eigenvalue weighted by molar-refractivity contribution is 7.92. The van der Waals surface area contributed by atoms with E-state index >= 15 is 0 Å². The number of hydrogen-bond acceptors (Lipinski definition) is 5. The standard InChI is InChI=1S/C13H19N3O4S/c17-13(18)10-5-3-6-16-12(10)14-11(15-16)8-9-4-1-2-7-21(9,19)20/h9-10H,1-8H2,(H,17,18). The molecule has 1 N–H and O–H groups in total. The van der Waals surface area contributed by atoms with Crippen molar-refractivity contribution in [3.8, 4) is 0 Å². The number of sulfone groups is 1. The van der Waals surface area contributed by atoms with Gasteiger partial charge in [0, 0.05) is 13.0 Å². The van der Waals surface area contributed by atoms with Crippen molar-refractivity contribution in [1.82, 2.24) is 14.8 Å². The molecular weight excluding hydrogens is 294 g/mol. The lowest BCUT2D eigenvalue weighted by atomic mass is 10.00. The molecular formula is C13H19N3O4S. The van der Waals surface area contributed by atoms with Gasteiger partial charge in [0.1, 0.15) is 11.7 Å². The van der Waals surface area contributed by atoms with E-state index < -0.39 is 27.0 Å². The van der Waals surface area contributed by atoms with Gasteiger partial charge >= 0.3 is 5.97 Å². The van der Waals surface area contributed by atoms with Crippen molar-refractivity contribution in [2.24, 2.45) is 0 Å². The van der Waals surface area contributed by atoms with Crippen LogP contribution in [0, 0.1) is 0 Å². The largest absolute Gasteiger partial charge is 0.481 e. The van der Waals surface area contributed by atoms with Crippen molar-refractivity contribution in [2.75, 3.05) is 5.75 Å². The zero-order valence-electron chi connectivity index (χ0n) is 11.7. The lowest BCUT2D eigenvalue weighted by Gasteiger charge is -2.20. The maximum atomic E-state index is 12.0. The minimum Gasteiger partial charge on any atom is -0.481 e. The van der Waals surface area contributed by atoms with Gasteiger partial charge < -0.3 is 5.11 Å². The second-order valence-electron chi connectivity index (χ2n) is 5.83. The number of carboxylic acids is 1. The minimum absolute atomic E-state index is 0.239. The average molecular weight is 313 g/mol. The first-order valence-corrected chi connectivity index (χ1v) is 9.07. The predicted octanol–water partition coefficient (Wildman–Crippen LogP) is 0.750.